The van der Waals surface area contributed by atoms with Crippen molar-refractivity contribution in [1.29, 1.82) is 0 Å². The molecule has 3 N–H and O–H groups in total. The fourth-order valence-corrected chi connectivity index (χ4v) is 2.30. The summed E-state index contributed by atoms with van der Waals surface area (Å²) in [6, 6.07) is 9.96. The molecule has 1 aromatic carbocycles. The minimum atomic E-state index is 0.237. The van der Waals surface area contributed by atoms with Crippen LogP contribution in [0.3, 0.4) is 0 Å². The van der Waals surface area contributed by atoms with Crippen LogP contribution >= 0.6 is 0 Å². The molecule has 0 aliphatic rings. The van der Waals surface area contributed by atoms with Gasteiger partial charge in [0.05, 0.1) is 7.11 Å². The lowest BCUT2D eigenvalue weighted by Crippen LogP contribution is -2.22. The van der Waals surface area contributed by atoms with E-state index in [4.69, 9.17) is 10.5 Å². The lowest BCUT2D eigenvalue weighted by atomic mass is 10.1. The summed E-state index contributed by atoms with van der Waals surface area (Å²) in [5.74, 6) is 0.972. The first-order valence-electron chi connectivity index (χ1n) is 8.20. The number of aryl methyl sites for hydroxylation is 2. The molecule has 0 spiro atoms. The third-order valence-corrected chi connectivity index (χ3v) is 3.54. The highest BCUT2D eigenvalue weighted by molar-refractivity contribution is 5.93. The number of nitrogens with two attached hydrogens (primary N) is 1. The number of aliphatic imine (C=N–C) groups is 1. The summed E-state index contributed by atoms with van der Waals surface area (Å²) in [5, 5.41) is 3.05. The Hall–Kier alpha value is -2.63. The van der Waals surface area contributed by atoms with E-state index in [1.54, 1.807) is 13.2 Å². The third kappa shape index (κ3) is 5.53. The Kier molecular flexibility index (Phi) is 6.54. The molecule has 6 heteroatoms. The molecule has 0 atom stereocenters. The molecule has 2 aromatic rings. The fourth-order valence-electron chi connectivity index (χ4n) is 2.30. The Morgan fingerprint density at radius 2 is 1.96 bits per heavy atom. The minimum absolute atomic E-state index is 0.237. The van der Waals surface area contributed by atoms with E-state index in [1.165, 1.54) is 24.8 Å². The predicted molar refractivity (Wildman–Crippen MR) is 97.9 cm³/mol. The third-order valence-electron chi connectivity index (χ3n) is 3.54. The summed E-state index contributed by atoms with van der Waals surface area (Å²) < 4.78 is 5.11. The smallest absolute Gasteiger partial charge is 0.256 e. The van der Waals surface area contributed by atoms with Crippen LogP contribution in [0.4, 0.5) is 11.6 Å². The molecule has 6 nitrogen and oxygen atoms in total. The maximum Gasteiger partial charge on any atom is 0.256 e. The molecular formula is C18H25N5O. The Morgan fingerprint density at radius 3 is 2.62 bits per heavy atom. The molecule has 0 saturated carbocycles. The number of nitrogens with one attached hydrogen (secondary N) is 1. The summed E-state index contributed by atoms with van der Waals surface area (Å²) in [6.45, 7) is 4.06. The number of hydrogen-bond acceptors (Lipinski definition) is 4. The van der Waals surface area contributed by atoms with Crippen LogP contribution in [0, 0.1) is 6.92 Å². The fraction of sp³-hybridized carbons (Fsp3) is 0.389. The molecule has 0 saturated heterocycles. The second-order valence-electron chi connectivity index (χ2n) is 5.63. The summed E-state index contributed by atoms with van der Waals surface area (Å²) in [5.41, 5.74) is 8.92. The van der Waals surface area contributed by atoms with Gasteiger partial charge in [-0.15, -0.1) is 0 Å². The molecule has 1 aromatic heterocycles. The van der Waals surface area contributed by atoms with Gasteiger partial charge in [-0.1, -0.05) is 31.9 Å². The molecule has 1 heterocycles. The van der Waals surface area contributed by atoms with Gasteiger partial charge in [0.15, 0.2) is 0 Å². The standard InChI is InChI=1S/C18H25N5O/c1-4-5-6-7-14-8-10-15(11-9-14)21-17(19)23-18-20-13(2)12-16(22-18)24-3/h8-12H,4-7H2,1-3H3,(H3,19,20,21,22,23). The minimum Gasteiger partial charge on any atom is -0.481 e. The Bertz CT molecular complexity index is 682. The van der Waals surface area contributed by atoms with Crippen LogP contribution in [0.5, 0.6) is 5.88 Å². The van der Waals surface area contributed by atoms with Gasteiger partial charge in [-0.2, -0.15) is 9.98 Å². The first-order chi connectivity index (χ1) is 11.6. The van der Waals surface area contributed by atoms with E-state index in [0.29, 0.717) is 5.88 Å². The zero-order valence-corrected chi connectivity index (χ0v) is 14.5. The van der Waals surface area contributed by atoms with E-state index in [0.717, 1.165) is 17.8 Å². The first kappa shape index (κ1) is 17.7. The predicted octanol–water partition coefficient (Wildman–Crippen LogP) is 3.58. The largest absolute Gasteiger partial charge is 0.481 e. The number of hydrogen-bond donors (Lipinski definition) is 2. The molecule has 24 heavy (non-hydrogen) atoms. The van der Waals surface area contributed by atoms with E-state index >= 15 is 0 Å². The van der Waals surface area contributed by atoms with Gasteiger partial charge in [0, 0.05) is 17.4 Å². The van der Waals surface area contributed by atoms with Crippen molar-refractivity contribution in [3.05, 3.63) is 41.6 Å². The normalized spacial score (nSPS) is 11.4. The van der Waals surface area contributed by atoms with Gasteiger partial charge in [0.25, 0.3) is 5.95 Å². The topological polar surface area (TPSA) is 85.4 Å². The number of unbranched alkanes of at least 4 members (excludes halogenated alkanes) is 2. The number of rotatable bonds is 7. The highest BCUT2D eigenvalue weighted by atomic mass is 16.5. The molecule has 0 aliphatic carbocycles. The molecule has 128 valence electrons. The Labute approximate surface area is 143 Å². The van der Waals surface area contributed by atoms with Crippen LogP contribution in [0.15, 0.2) is 35.3 Å². The van der Waals surface area contributed by atoms with Gasteiger partial charge < -0.3 is 15.8 Å². The van der Waals surface area contributed by atoms with Crippen LogP contribution in [-0.2, 0) is 6.42 Å². The summed E-state index contributed by atoms with van der Waals surface area (Å²) in [6.07, 6.45) is 4.83. The van der Waals surface area contributed by atoms with Crippen LogP contribution < -0.4 is 15.8 Å². The van der Waals surface area contributed by atoms with Crippen molar-refractivity contribution in [1.82, 2.24) is 9.97 Å². The number of nitrogens with zero attached hydrogens (tertiary/aromatic N) is 3. The molecular weight excluding hydrogens is 302 g/mol. The SMILES string of the molecule is CCCCCc1ccc(N/C(N)=N/c2nc(C)cc(OC)n2)cc1. The average Bonchev–Trinajstić information content (AvgIpc) is 2.56. The first-order valence-corrected chi connectivity index (χ1v) is 8.20. The highest BCUT2D eigenvalue weighted by Crippen LogP contribution is 2.15. The monoisotopic (exact) mass is 327 g/mol. The molecule has 0 unspecified atom stereocenters. The van der Waals surface area contributed by atoms with E-state index in [2.05, 4.69) is 39.3 Å². The maximum atomic E-state index is 5.93. The van der Waals surface area contributed by atoms with Gasteiger partial charge in [-0.25, -0.2) is 4.98 Å². The second kappa shape index (κ2) is 8.86. The Morgan fingerprint density at radius 1 is 1.21 bits per heavy atom. The van der Waals surface area contributed by atoms with Crippen LogP contribution in [0.2, 0.25) is 0 Å². The maximum absolute atomic E-state index is 5.93. The quantitative estimate of drug-likeness (QED) is 0.461. The van der Waals surface area contributed by atoms with E-state index in [-0.39, 0.29) is 11.9 Å². The van der Waals surface area contributed by atoms with Gasteiger partial charge in [-0.05, 0) is 37.5 Å². The lowest BCUT2D eigenvalue weighted by Gasteiger charge is -2.07. The highest BCUT2D eigenvalue weighted by Gasteiger charge is 2.03. The molecule has 0 bridgehead atoms. The van der Waals surface area contributed by atoms with Crippen molar-refractivity contribution in [2.24, 2.45) is 10.7 Å². The molecule has 2 rings (SSSR count). The van der Waals surface area contributed by atoms with Gasteiger partial charge in [-0.3, -0.25) is 0 Å². The van der Waals surface area contributed by atoms with Crippen molar-refractivity contribution in [3.63, 3.8) is 0 Å². The number of benzene rings is 1. The van der Waals surface area contributed by atoms with Crippen molar-refractivity contribution in [2.75, 3.05) is 12.4 Å². The van der Waals surface area contributed by atoms with Crippen molar-refractivity contribution < 1.29 is 4.74 Å². The zero-order valence-electron chi connectivity index (χ0n) is 14.5. The number of aromatic nitrogens is 2. The molecule has 0 radical (unpaired) electrons. The second-order valence-corrected chi connectivity index (χ2v) is 5.63. The molecule has 0 fully saturated rings. The summed E-state index contributed by atoms with van der Waals surface area (Å²) in [7, 11) is 1.55. The van der Waals surface area contributed by atoms with E-state index in [1.807, 2.05) is 19.1 Å². The Balaban J connectivity index is 2.00. The number of anilines is 1. The van der Waals surface area contributed by atoms with E-state index in [9.17, 15) is 0 Å². The summed E-state index contributed by atoms with van der Waals surface area (Å²) >= 11 is 0. The van der Waals surface area contributed by atoms with Crippen molar-refractivity contribution in [3.8, 4) is 5.88 Å². The van der Waals surface area contributed by atoms with Crippen LogP contribution in [0.25, 0.3) is 0 Å². The number of methoxy groups -OCH3 is 1. The number of ether oxygens (including phenoxy) is 1. The average molecular weight is 327 g/mol. The van der Waals surface area contributed by atoms with Gasteiger partial charge in [0.1, 0.15) is 0 Å². The van der Waals surface area contributed by atoms with Crippen LogP contribution in [-0.4, -0.2) is 23.0 Å². The zero-order chi connectivity index (χ0) is 17.4. The molecule has 0 amide bonds. The molecule has 0 aliphatic heterocycles. The van der Waals surface area contributed by atoms with Gasteiger partial charge >= 0.3 is 0 Å². The lowest BCUT2D eigenvalue weighted by molar-refractivity contribution is 0.397. The van der Waals surface area contributed by atoms with Gasteiger partial charge in [0.2, 0.25) is 11.8 Å². The van der Waals surface area contributed by atoms with Crippen molar-refractivity contribution >= 4 is 17.6 Å². The van der Waals surface area contributed by atoms with E-state index < -0.39 is 0 Å². The summed E-state index contributed by atoms with van der Waals surface area (Å²) in [4.78, 5) is 12.6. The van der Waals surface area contributed by atoms with Crippen LogP contribution in [0.1, 0.15) is 37.4 Å². The number of guanidine groups is 1. The van der Waals surface area contributed by atoms with Crippen molar-refractivity contribution in [2.45, 2.75) is 39.5 Å².